The van der Waals surface area contributed by atoms with E-state index in [1.807, 2.05) is 97.1 Å². The van der Waals surface area contributed by atoms with Crippen LogP contribution in [0.2, 0.25) is 0 Å². The number of hydrogen-bond acceptors (Lipinski definition) is 5. The Kier molecular flexibility index (Phi) is 21.5. The Morgan fingerprint density at radius 2 is 0.439 bits per heavy atom. The maximum absolute atomic E-state index is 6.31. The second kappa shape index (κ2) is 27.4. The molecule has 0 saturated heterocycles. The van der Waals surface area contributed by atoms with Gasteiger partial charge in [-0.05, 0) is 164 Å². The summed E-state index contributed by atoms with van der Waals surface area (Å²) in [6, 6.07) is 36.0. The lowest BCUT2D eigenvalue weighted by molar-refractivity contribution is 0.296. The van der Waals surface area contributed by atoms with Crippen LogP contribution in [0.15, 0.2) is 121 Å². The highest BCUT2D eigenvalue weighted by Crippen LogP contribution is 2.28. The Hall–Kier alpha value is -3.62. The van der Waals surface area contributed by atoms with Crippen LogP contribution in [0.1, 0.15) is 72.3 Å². The van der Waals surface area contributed by atoms with Gasteiger partial charge in [-0.25, -0.2) is 0 Å². The highest BCUT2D eigenvalue weighted by molar-refractivity contribution is 6.19. The lowest BCUT2D eigenvalue weighted by Gasteiger charge is -2.14. The van der Waals surface area contributed by atoms with Gasteiger partial charge in [0.1, 0.15) is 61.8 Å². The Bertz CT molecular complexity index is 2110. The monoisotopic (exact) mass is 1050 g/mol. The van der Waals surface area contributed by atoms with Gasteiger partial charge in [-0.1, -0.05) is 42.5 Å². The van der Waals surface area contributed by atoms with Crippen molar-refractivity contribution in [2.45, 2.75) is 79.7 Å². The summed E-state index contributed by atoms with van der Waals surface area (Å²) >= 11 is 49.3. The lowest BCUT2D eigenvalue weighted by Crippen LogP contribution is -2.03. The summed E-state index contributed by atoms with van der Waals surface area (Å²) in [6.45, 7) is 1.53. The van der Waals surface area contributed by atoms with Crippen molar-refractivity contribution in [3.8, 4) is 28.7 Å². The molecule has 0 aliphatic carbocycles. The maximum Gasteiger partial charge on any atom is 0.120 e. The standard InChI is InChI=1S/C53H50Cl8O5/c54-25-38-7-36(8-39(10-38)26-55)3-4-37-9-46(33-64-51-16-40(27-56)11-41(17-51)28-57)22-49(15-37)62-5-1-2-6-63-50-23-47(34-65-52-18-42(29-58)12-43(19-52)30-59)14-48(24-50)35-66-53-20-44(31-60)13-45(21-53)32-61/h1-2,7-24H,3-6,25-35H2/b2-1-. The fourth-order valence-corrected chi connectivity index (χ4v) is 8.50. The van der Waals surface area contributed by atoms with Gasteiger partial charge in [0.25, 0.3) is 0 Å². The molecule has 6 aromatic carbocycles. The molecule has 0 aliphatic heterocycles. The molecule has 0 heterocycles. The molecule has 13 heteroatoms. The summed E-state index contributed by atoms with van der Waals surface area (Å²) in [4.78, 5) is 0. The van der Waals surface area contributed by atoms with Crippen molar-refractivity contribution in [1.82, 2.24) is 0 Å². The number of aryl methyl sites for hydroxylation is 2. The summed E-state index contributed by atoms with van der Waals surface area (Å²) in [7, 11) is 0. The van der Waals surface area contributed by atoms with Crippen molar-refractivity contribution in [1.29, 1.82) is 0 Å². The third-order valence-electron chi connectivity index (χ3n) is 10.3. The van der Waals surface area contributed by atoms with Gasteiger partial charge in [0.2, 0.25) is 0 Å². The first-order chi connectivity index (χ1) is 32.2. The predicted molar refractivity (Wildman–Crippen MR) is 276 cm³/mol. The summed E-state index contributed by atoms with van der Waals surface area (Å²) in [5.74, 6) is 6.47. The molecule has 0 amide bonds. The quantitative estimate of drug-likeness (QED) is 0.0400. The highest BCUT2D eigenvalue weighted by Gasteiger charge is 2.11. The van der Waals surface area contributed by atoms with Crippen molar-refractivity contribution < 1.29 is 23.7 Å². The average Bonchev–Trinajstić information content (AvgIpc) is 3.36. The van der Waals surface area contributed by atoms with Crippen LogP contribution in [-0.2, 0) is 79.7 Å². The van der Waals surface area contributed by atoms with E-state index in [4.69, 9.17) is 116 Å². The number of benzene rings is 6. The molecular formula is C53H50Cl8O5. The van der Waals surface area contributed by atoms with Gasteiger partial charge >= 0.3 is 0 Å². The minimum Gasteiger partial charge on any atom is -0.490 e. The predicted octanol–water partition coefficient (Wildman–Crippen LogP) is 16.1. The number of ether oxygens (including phenoxy) is 5. The van der Waals surface area contributed by atoms with Gasteiger partial charge in [-0.2, -0.15) is 0 Å². The van der Waals surface area contributed by atoms with E-state index in [1.54, 1.807) is 0 Å². The third kappa shape index (κ3) is 16.6. The Morgan fingerprint density at radius 3 is 0.742 bits per heavy atom. The van der Waals surface area contributed by atoms with Crippen LogP contribution < -0.4 is 23.7 Å². The lowest BCUT2D eigenvalue weighted by atomic mass is 9.99. The van der Waals surface area contributed by atoms with Crippen molar-refractivity contribution in [3.63, 3.8) is 0 Å². The van der Waals surface area contributed by atoms with Crippen molar-refractivity contribution >= 4 is 92.8 Å². The van der Waals surface area contributed by atoms with Crippen molar-refractivity contribution in [2.24, 2.45) is 0 Å². The van der Waals surface area contributed by atoms with Crippen LogP contribution in [-0.4, -0.2) is 13.2 Å². The molecule has 0 N–H and O–H groups in total. The molecule has 0 spiro atoms. The molecule has 348 valence electrons. The van der Waals surface area contributed by atoms with Crippen LogP contribution in [0.25, 0.3) is 0 Å². The normalized spacial score (nSPS) is 11.3. The van der Waals surface area contributed by atoms with E-state index in [0.717, 1.165) is 85.4 Å². The Morgan fingerprint density at radius 1 is 0.242 bits per heavy atom. The topological polar surface area (TPSA) is 46.2 Å². The van der Waals surface area contributed by atoms with Gasteiger partial charge in [0, 0.05) is 47.0 Å². The zero-order valence-corrected chi connectivity index (χ0v) is 42.3. The van der Waals surface area contributed by atoms with Gasteiger partial charge < -0.3 is 23.7 Å². The van der Waals surface area contributed by atoms with E-state index >= 15 is 0 Å². The SMILES string of the molecule is ClCc1cc(CCl)cc(CCc2cc(COc3cc(CCl)cc(CCl)c3)cc(OC/C=C\COc3cc(COc4cc(CCl)cc(CCl)c4)cc(COc4cc(CCl)cc(CCl)c4)c3)c2)c1. The van der Waals surface area contributed by atoms with E-state index in [2.05, 4.69) is 24.3 Å². The van der Waals surface area contributed by atoms with Crippen LogP contribution in [0, 0.1) is 0 Å². The second-order valence-corrected chi connectivity index (χ2v) is 17.8. The fraction of sp³-hybridized carbons (Fsp3) is 0.283. The molecular weight excluding hydrogens is 1000 g/mol. The first kappa shape index (κ1) is 51.8. The molecule has 5 nitrogen and oxygen atoms in total. The van der Waals surface area contributed by atoms with Gasteiger partial charge in [0.05, 0.1) is 0 Å². The number of halogens is 8. The van der Waals surface area contributed by atoms with Gasteiger partial charge in [-0.3, -0.25) is 0 Å². The van der Waals surface area contributed by atoms with Crippen molar-refractivity contribution in [3.05, 3.63) is 194 Å². The molecule has 6 rings (SSSR count). The highest BCUT2D eigenvalue weighted by atomic mass is 35.5. The van der Waals surface area contributed by atoms with Crippen LogP contribution in [0.4, 0.5) is 0 Å². The van der Waals surface area contributed by atoms with E-state index in [1.165, 1.54) is 5.56 Å². The zero-order chi connectivity index (χ0) is 46.7. The first-order valence-corrected chi connectivity index (χ1v) is 25.5. The number of alkyl halides is 8. The smallest absolute Gasteiger partial charge is 0.120 e. The minimum atomic E-state index is 0.286. The first-order valence-electron chi connectivity index (χ1n) is 21.2. The summed E-state index contributed by atoms with van der Waals surface area (Å²) in [6.07, 6.45) is 5.45. The summed E-state index contributed by atoms with van der Waals surface area (Å²) in [5, 5.41) is 0. The molecule has 6 aromatic rings. The van der Waals surface area contributed by atoms with E-state index < -0.39 is 0 Å². The molecule has 0 fully saturated rings. The molecule has 0 aliphatic rings. The Labute approximate surface area is 428 Å². The minimum absolute atomic E-state index is 0.286. The maximum atomic E-state index is 6.31. The van der Waals surface area contributed by atoms with Crippen LogP contribution in [0.3, 0.4) is 0 Å². The number of rotatable bonds is 26. The largest absolute Gasteiger partial charge is 0.490 e. The van der Waals surface area contributed by atoms with Crippen LogP contribution >= 0.6 is 92.8 Å². The molecule has 0 radical (unpaired) electrons. The van der Waals surface area contributed by atoms with E-state index in [-0.39, 0.29) is 13.2 Å². The third-order valence-corrected chi connectivity index (χ3v) is 12.7. The zero-order valence-electron chi connectivity index (χ0n) is 36.2. The van der Waals surface area contributed by atoms with E-state index in [9.17, 15) is 0 Å². The molecule has 0 atom stereocenters. The van der Waals surface area contributed by atoms with Crippen molar-refractivity contribution in [2.75, 3.05) is 13.2 Å². The molecule has 0 saturated carbocycles. The second-order valence-electron chi connectivity index (χ2n) is 15.6. The van der Waals surface area contributed by atoms with Gasteiger partial charge in [-0.15, -0.1) is 92.8 Å². The average molecular weight is 1050 g/mol. The Balaban J connectivity index is 1.14. The van der Waals surface area contributed by atoms with E-state index in [0.29, 0.717) is 89.9 Å². The molecule has 0 bridgehead atoms. The summed E-state index contributed by atoms with van der Waals surface area (Å²) < 4.78 is 31.3. The van der Waals surface area contributed by atoms with Gasteiger partial charge in [0.15, 0.2) is 0 Å². The fourth-order valence-electron chi connectivity index (χ4n) is 7.27. The molecule has 0 aromatic heterocycles. The molecule has 0 unspecified atom stereocenters. The van der Waals surface area contributed by atoms with Crippen LogP contribution in [0.5, 0.6) is 28.7 Å². The molecule has 66 heavy (non-hydrogen) atoms. The number of hydrogen-bond donors (Lipinski definition) is 0. The summed E-state index contributed by atoms with van der Waals surface area (Å²) in [5.41, 5.74) is 12.8.